The molecule has 2 amide bonds. The van der Waals surface area contributed by atoms with Crippen molar-refractivity contribution in [1.82, 2.24) is 15.1 Å². The van der Waals surface area contributed by atoms with Crippen molar-refractivity contribution in [3.8, 4) is 16.9 Å². The van der Waals surface area contributed by atoms with Crippen molar-refractivity contribution in [2.24, 2.45) is 0 Å². The Bertz CT molecular complexity index is 1600. The van der Waals surface area contributed by atoms with E-state index in [1.54, 1.807) is 4.68 Å². The zero-order valence-corrected chi connectivity index (χ0v) is 24.3. The molecule has 9 heteroatoms. The predicted octanol–water partition coefficient (Wildman–Crippen LogP) is 6.52. The molecule has 0 saturated carbocycles. The van der Waals surface area contributed by atoms with E-state index in [1.807, 2.05) is 76.2 Å². The number of fused-ring (bicyclic) bond motifs is 1. The van der Waals surface area contributed by atoms with Crippen molar-refractivity contribution in [3.63, 3.8) is 0 Å². The lowest BCUT2D eigenvalue weighted by Gasteiger charge is -2.24. The Balaban J connectivity index is 1.82. The van der Waals surface area contributed by atoms with Gasteiger partial charge in [-0.25, -0.2) is 13.5 Å². The van der Waals surface area contributed by atoms with Crippen LogP contribution in [-0.4, -0.2) is 39.9 Å². The van der Waals surface area contributed by atoms with Crippen LogP contribution in [0.2, 0.25) is 0 Å². The van der Waals surface area contributed by atoms with Gasteiger partial charge in [-0.05, 0) is 50.5 Å². The van der Waals surface area contributed by atoms with Gasteiger partial charge in [-0.15, -0.1) is 11.8 Å². The molecule has 4 aromatic rings. The largest absolute Gasteiger partial charge is 0.352 e. The summed E-state index contributed by atoms with van der Waals surface area (Å²) in [7, 11) is 0. The molecule has 1 N–H and O–H groups in total. The Kier molecular flexibility index (Phi) is 8.26. The fraction of sp³-hybridized carbons (Fsp3) is 0.281. The van der Waals surface area contributed by atoms with Gasteiger partial charge in [0, 0.05) is 28.8 Å². The Morgan fingerprint density at radius 2 is 1.85 bits per heavy atom. The number of nitrogens with one attached hydrogen (secondary N) is 1. The minimum Gasteiger partial charge on any atom is -0.352 e. The molecule has 2 atom stereocenters. The van der Waals surface area contributed by atoms with Crippen LogP contribution in [0.25, 0.3) is 16.9 Å². The summed E-state index contributed by atoms with van der Waals surface area (Å²) in [6.45, 7) is 7.63. The highest BCUT2D eigenvalue weighted by Crippen LogP contribution is 2.49. The molecule has 0 saturated heterocycles. The van der Waals surface area contributed by atoms with Gasteiger partial charge in [-0.1, -0.05) is 55.5 Å². The lowest BCUT2D eigenvalue weighted by Crippen LogP contribution is -2.44. The normalized spacial score (nSPS) is 15.8. The van der Waals surface area contributed by atoms with Crippen LogP contribution < -0.4 is 10.2 Å². The molecule has 2 heterocycles. The van der Waals surface area contributed by atoms with Crippen molar-refractivity contribution in [2.45, 2.75) is 45.4 Å². The molecular formula is C32H32F2N4O2S. The van der Waals surface area contributed by atoms with E-state index in [2.05, 4.69) is 5.32 Å². The molecule has 0 spiro atoms. The van der Waals surface area contributed by atoms with E-state index in [9.17, 15) is 14.0 Å². The van der Waals surface area contributed by atoms with Crippen LogP contribution in [0.15, 0.2) is 66.7 Å². The molecule has 0 bridgehead atoms. The third-order valence-electron chi connectivity index (χ3n) is 7.51. The maximum atomic E-state index is 15.4. The Hall–Kier alpha value is -3.98. The van der Waals surface area contributed by atoms with E-state index >= 15 is 4.39 Å². The van der Waals surface area contributed by atoms with Crippen LogP contribution in [0.3, 0.4) is 0 Å². The first-order valence-electron chi connectivity index (χ1n) is 13.6. The third kappa shape index (κ3) is 5.63. The Labute approximate surface area is 242 Å². The number of anilines is 1. The standard InChI is InChI=1S/C32H32F2N4O2S/c1-5-20(3)35-27(39)17-37-28(40)18-41-31(24-15-14-23(33)16-25(24)34)29-30(22-11-7-6-8-12-22)36-38(32(29)37)26-13-9-10-19(2)21(26)4/h6-16,20,31H,5,17-18H2,1-4H3,(H,35,39)/t20-,31-/m0/s1. The number of aryl methyl sites for hydroxylation is 1. The number of halogens is 2. The van der Waals surface area contributed by atoms with Crippen LogP contribution in [0.5, 0.6) is 0 Å². The highest BCUT2D eigenvalue weighted by molar-refractivity contribution is 8.00. The zero-order chi connectivity index (χ0) is 29.3. The lowest BCUT2D eigenvalue weighted by atomic mass is 9.99. The van der Waals surface area contributed by atoms with E-state index in [1.165, 1.54) is 28.8 Å². The molecule has 0 radical (unpaired) electrons. The summed E-state index contributed by atoms with van der Waals surface area (Å²) in [5, 5.41) is 7.31. The van der Waals surface area contributed by atoms with Crippen LogP contribution >= 0.6 is 11.8 Å². The molecular weight excluding hydrogens is 542 g/mol. The summed E-state index contributed by atoms with van der Waals surface area (Å²) in [4.78, 5) is 28.4. The molecule has 0 fully saturated rings. The molecule has 5 rings (SSSR count). The van der Waals surface area contributed by atoms with E-state index in [0.717, 1.165) is 34.9 Å². The molecule has 3 aromatic carbocycles. The summed E-state index contributed by atoms with van der Waals surface area (Å²) in [6.07, 6.45) is 0.741. The summed E-state index contributed by atoms with van der Waals surface area (Å²) in [6, 6.07) is 18.7. The number of amides is 2. The molecule has 0 aliphatic carbocycles. The fourth-order valence-corrected chi connectivity index (χ4v) is 6.21. The molecule has 1 aromatic heterocycles. The van der Waals surface area contributed by atoms with E-state index < -0.39 is 16.9 Å². The summed E-state index contributed by atoms with van der Waals surface area (Å²) >= 11 is 1.24. The van der Waals surface area contributed by atoms with Crippen LogP contribution in [0, 0.1) is 25.5 Å². The van der Waals surface area contributed by atoms with E-state index in [-0.39, 0.29) is 35.7 Å². The van der Waals surface area contributed by atoms with Gasteiger partial charge in [0.15, 0.2) is 0 Å². The van der Waals surface area contributed by atoms with Gasteiger partial charge in [0.1, 0.15) is 24.0 Å². The third-order valence-corrected chi connectivity index (χ3v) is 8.74. The van der Waals surface area contributed by atoms with Crippen molar-refractivity contribution in [2.75, 3.05) is 17.2 Å². The van der Waals surface area contributed by atoms with Gasteiger partial charge >= 0.3 is 0 Å². The van der Waals surface area contributed by atoms with Gasteiger partial charge in [0.05, 0.1) is 22.4 Å². The number of benzene rings is 3. The van der Waals surface area contributed by atoms with Gasteiger partial charge in [0.25, 0.3) is 0 Å². The van der Waals surface area contributed by atoms with Crippen molar-refractivity contribution < 1.29 is 18.4 Å². The van der Waals surface area contributed by atoms with Crippen LogP contribution in [0.1, 0.15) is 47.8 Å². The maximum absolute atomic E-state index is 15.4. The van der Waals surface area contributed by atoms with Crippen LogP contribution in [-0.2, 0) is 9.59 Å². The van der Waals surface area contributed by atoms with E-state index in [0.29, 0.717) is 17.1 Å². The minimum absolute atomic E-state index is 0.00615. The summed E-state index contributed by atoms with van der Waals surface area (Å²) in [5.41, 5.74) is 4.90. The lowest BCUT2D eigenvalue weighted by molar-refractivity contribution is -0.123. The summed E-state index contributed by atoms with van der Waals surface area (Å²) < 4.78 is 31.1. The van der Waals surface area contributed by atoms with Gasteiger partial charge < -0.3 is 5.32 Å². The molecule has 212 valence electrons. The SMILES string of the molecule is CC[C@H](C)NC(=O)CN1C(=O)CS[C@@H](c2ccc(F)cc2F)c2c(-c3ccccc3)nn(-c3cccc(C)c3C)c21. The highest BCUT2D eigenvalue weighted by Gasteiger charge is 2.39. The van der Waals surface area contributed by atoms with Gasteiger partial charge in [-0.2, -0.15) is 5.10 Å². The van der Waals surface area contributed by atoms with E-state index in [4.69, 9.17) is 5.10 Å². The number of carbonyl (C=O) groups excluding carboxylic acids is 2. The maximum Gasteiger partial charge on any atom is 0.240 e. The number of carbonyl (C=O) groups is 2. The number of hydrogen-bond donors (Lipinski definition) is 1. The minimum atomic E-state index is -0.706. The second-order valence-corrected chi connectivity index (χ2v) is 11.4. The number of thioether (sulfide) groups is 1. The van der Waals surface area contributed by atoms with Gasteiger partial charge in [0.2, 0.25) is 11.8 Å². The average molecular weight is 575 g/mol. The first-order chi connectivity index (χ1) is 19.7. The van der Waals surface area contributed by atoms with Gasteiger partial charge in [-0.3, -0.25) is 14.5 Å². The first kappa shape index (κ1) is 28.5. The topological polar surface area (TPSA) is 67.2 Å². The summed E-state index contributed by atoms with van der Waals surface area (Å²) in [5.74, 6) is -1.59. The predicted molar refractivity (Wildman–Crippen MR) is 159 cm³/mol. The second kappa shape index (κ2) is 11.9. The Morgan fingerprint density at radius 1 is 1.10 bits per heavy atom. The highest BCUT2D eigenvalue weighted by atomic mass is 32.2. The van der Waals surface area contributed by atoms with Crippen molar-refractivity contribution in [3.05, 3.63) is 101 Å². The van der Waals surface area contributed by atoms with Crippen LogP contribution in [0.4, 0.5) is 14.6 Å². The molecule has 41 heavy (non-hydrogen) atoms. The monoisotopic (exact) mass is 574 g/mol. The number of aromatic nitrogens is 2. The smallest absolute Gasteiger partial charge is 0.240 e. The number of hydrogen-bond acceptors (Lipinski definition) is 4. The number of rotatable bonds is 7. The second-order valence-electron chi connectivity index (χ2n) is 10.3. The average Bonchev–Trinajstić information content (AvgIpc) is 3.28. The van der Waals surface area contributed by atoms with Crippen molar-refractivity contribution >= 4 is 29.4 Å². The fourth-order valence-electron chi connectivity index (χ4n) is 4.99. The molecule has 0 unspecified atom stereocenters. The first-order valence-corrected chi connectivity index (χ1v) is 14.7. The molecule has 6 nitrogen and oxygen atoms in total. The quantitative estimate of drug-likeness (QED) is 0.273. The molecule has 1 aliphatic heterocycles. The Morgan fingerprint density at radius 3 is 2.56 bits per heavy atom. The molecule has 1 aliphatic rings. The van der Waals surface area contributed by atoms with Crippen molar-refractivity contribution in [1.29, 1.82) is 0 Å². The number of nitrogens with zero attached hydrogens (tertiary/aromatic N) is 3. The zero-order valence-electron chi connectivity index (χ0n) is 23.4.